The third-order valence-corrected chi connectivity index (χ3v) is 3.84. The molecule has 1 atom stereocenters. The van der Waals surface area contributed by atoms with Crippen LogP contribution in [0, 0.1) is 5.41 Å². The monoisotopic (exact) mass is 211 g/mol. The summed E-state index contributed by atoms with van der Waals surface area (Å²) in [4.78, 5) is 1.05. The second kappa shape index (κ2) is 4.01. The van der Waals surface area contributed by atoms with Crippen LogP contribution in [-0.4, -0.2) is 18.2 Å². The van der Waals surface area contributed by atoms with Gasteiger partial charge in [0.2, 0.25) is 0 Å². The van der Waals surface area contributed by atoms with E-state index >= 15 is 0 Å². The number of aliphatic hydroxyl groups is 1. The first kappa shape index (κ1) is 10.1. The largest absolute Gasteiger partial charge is 0.386 e. The Kier molecular flexibility index (Phi) is 2.91. The van der Waals surface area contributed by atoms with Crippen LogP contribution in [0.3, 0.4) is 0 Å². The average molecular weight is 211 g/mol. The van der Waals surface area contributed by atoms with Gasteiger partial charge in [-0.05, 0) is 29.7 Å². The normalized spacial score (nSPS) is 20.7. The van der Waals surface area contributed by atoms with Crippen molar-refractivity contribution in [3.05, 3.63) is 22.4 Å². The van der Waals surface area contributed by atoms with Gasteiger partial charge in [0.05, 0.1) is 0 Å². The van der Waals surface area contributed by atoms with Gasteiger partial charge in [0.1, 0.15) is 6.10 Å². The van der Waals surface area contributed by atoms with Crippen molar-refractivity contribution in [1.29, 1.82) is 0 Å². The van der Waals surface area contributed by atoms with Gasteiger partial charge < -0.3 is 10.4 Å². The standard InChI is InChI=1S/C11H17NOS/c1-11(4-5-11)8-12-7-9(13)10-3-2-6-14-10/h2-3,6,9,12-13H,4-5,7-8H2,1H3. The van der Waals surface area contributed by atoms with Gasteiger partial charge in [-0.15, -0.1) is 11.3 Å². The number of thiophene rings is 1. The van der Waals surface area contributed by atoms with Crippen molar-refractivity contribution in [2.45, 2.75) is 25.9 Å². The van der Waals surface area contributed by atoms with Gasteiger partial charge in [-0.25, -0.2) is 0 Å². The van der Waals surface area contributed by atoms with E-state index in [0.717, 1.165) is 11.4 Å². The van der Waals surface area contributed by atoms with Crippen LogP contribution in [0.25, 0.3) is 0 Å². The van der Waals surface area contributed by atoms with E-state index in [1.54, 1.807) is 11.3 Å². The highest BCUT2D eigenvalue weighted by atomic mass is 32.1. The predicted molar refractivity (Wildman–Crippen MR) is 59.5 cm³/mol. The fourth-order valence-corrected chi connectivity index (χ4v) is 2.19. The Balaban J connectivity index is 1.70. The van der Waals surface area contributed by atoms with Crippen molar-refractivity contribution >= 4 is 11.3 Å². The van der Waals surface area contributed by atoms with Gasteiger partial charge in [-0.3, -0.25) is 0 Å². The number of rotatable bonds is 5. The summed E-state index contributed by atoms with van der Waals surface area (Å²) in [6.45, 7) is 4.00. The quantitative estimate of drug-likeness (QED) is 0.782. The van der Waals surface area contributed by atoms with Crippen LogP contribution in [0.2, 0.25) is 0 Å². The van der Waals surface area contributed by atoms with Crippen molar-refractivity contribution in [1.82, 2.24) is 5.32 Å². The molecular weight excluding hydrogens is 194 g/mol. The van der Waals surface area contributed by atoms with Crippen molar-refractivity contribution in [3.63, 3.8) is 0 Å². The molecule has 0 bridgehead atoms. The number of hydrogen-bond donors (Lipinski definition) is 2. The minimum atomic E-state index is -0.336. The molecule has 78 valence electrons. The minimum absolute atomic E-state index is 0.336. The topological polar surface area (TPSA) is 32.3 Å². The molecule has 2 rings (SSSR count). The molecule has 1 heterocycles. The lowest BCUT2D eigenvalue weighted by atomic mass is 10.1. The molecule has 14 heavy (non-hydrogen) atoms. The van der Waals surface area contributed by atoms with Crippen molar-refractivity contribution < 1.29 is 5.11 Å². The third kappa shape index (κ3) is 2.56. The molecule has 1 aromatic rings. The lowest BCUT2D eigenvalue weighted by Gasteiger charge is -2.13. The molecule has 0 spiro atoms. The minimum Gasteiger partial charge on any atom is -0.386 e. The van der Waals surface area contributed by atoms with E-state index in [1.807, 2.05) is 17.5 Å². The molecule has 1 aliphatic carbocycles. The van der Waals surface area contributed by atoms with Gasteiger partial charge in [0.25, 0.3) is 0 Å². The molecule has 2 N–H and O–H groups in total. The third-order valence-electron chi connectivity index (χ3n) is 2.86. The smallest absolute Gasteiger partial charge is 0.101 e. The Bertz CT molecular complexity index is 279. The molecule has 1 saturated carbocycles. The van der Waals surface area contributed by atoms with Gasteiger partial charge in [-0.2, -0.15) is 0 Å². The maximum absolute atomic E-state index is 9.77. The Morgan fingerprint density at radius 3 is 3.00 bits per heavy atom. The highest BCUT2D eigenvalue weighted by Gasteiger charge is 2.36. The van der Waals surface area contributed by atoms with Crippen LogP contribution in [0.1, 0.15) is 30.7 Å². The van der Waals surface area contributed by atoms with E-state index in [1.165, 1.54) is 12.8 Å². The Labute approximate surface area is 89.0 Å². The summed E-state index contributed by atoms with van der Waals surface area (Å²) < 4.78 is 0. The molecule has 0 aliphatic heterocycles. The summed E-state index contributed by atoms with van der Waals surface area (Å²) >= 11 is 1.61. The molecule has 0 aromatic carbocycles. The summed E-state index contributed by atoms with van der Waals surface area (Å²) in [5.41, 5.74) is 0.523. The predicted octanol–water partition coefficient (Wildman–Crippen LogP) is 2.17. The van der Waals surface area contributed by atoms with E-state index in [2.05, 4.69) is 12.2 Å². The number of nitrogens with one attached hydrogen (secondary N) is 1. The van der Waals surface area contributed by atoms with Crippen LogP contribution in [-0.2, 0) is 0 Å². The van der Waals surface area contributed by atoms with E-state index in [0.29, 0.717) is 12.0 Å². The first-order valence-corrected chi connectivity index (χ1v) is 6.00. The molecule has 1 aromatic heterocycles. The molecule has 0 amide bonds. The molecule has 0 saturated heterocycles. The highest BCUT2D eigenvalue weighted by molar-refractivity contribution is 7.10. The Hall–Kier alpha value is -0.380. The fourth-order valence-electron chi connectivity index (χ4n) is 1.48. The lowest BCUT2D eigenvalue weighted by Crippen LogP contribution is -2.26. The molecule has 0 radical (unpaired) electrons. The molecule has 2 nitrogen and oxygen atoms in total. The summed E-state index contributed by atoms with van der Waals surface area (Å²) in [6.07, 6.45) is 2.32. The Morgan fingerprint density at radius 2 is 2.43 bits per heavy atom. The second-order valence-electron chi connectivity index (χ2n) is 4.47. The highest BCUT2D eigenvalue weighted by Crippen LogP contribution is 2.44. The zero-order chi connectivity index (χ0) is 10.0. The van der Waals surface area contributed by atoms with Crippen LogP contribution in [0.5, 0.6) is 0 Å². The van der Waals surface area contributed by atoms with Crippen LogP contribution in [0.4, 0.5) is 0 Å². The summed E-state index contributed by atoms with van der Waals surface area (Å²) in [7, 11) is 0. The zero-order valence-corrected chi connectivity index (χ0v) is 9.31. The first-order valence-electron chi connectivity index (χ1n) is 5.12. The maximum atomic E-state index is 9.77. The van der Waals surface area contributed by atoms with Crippen molar-refractivity contribution in [2.24, 2.45) is 5.41 Å². The zero-order valence-electron chi connectivity index (χ0n) is 8.49. The lowest BCUT2D eigenvalue weighted by molar-refractivity contribution is 0.176. The molecule has 3 heteroatoms. The summed E-state index contributed by atoms with van der Waals surface area (Å²) in [6, 6.07) is 3.96. The van der Waals surface area contributed by atoms with Crippen LogP contribution in [0.15, 0.2) is 17.5 Å². The van der Waals surface area contributed by atoms with Gasteiger partial charge in [0, 0.05) is 18.0 Å². The SMILES string of the molecule is CC1(CNCC(O)c2cccs2)CC1. The average Bonchev–Trinajstić information content (AvgIpc) is 2.72. The molecule has 1 fully saturated rings. The number of hydrogen-bond acceptors (Lipinski definition) is 3. The second-order valence-corrected chi connectivity index (χ2v) is 5.45. The molecule has 1 unspecified atom stereocenters. The van der Waals surface area contributed by atoms with Crippen LogP contribution < -0.4 is 5.32 Å². The van der Waals surface area contributed by atoms with Crippen LogP contribution >= 0.6 is 11.3 Å². The van der Waals surface area contributed by atoms with Gasteiger partial charge in [0.15, 0.2) is 0 Å². The first-order chi connectivity index (χ1) is 6.70. The van der Waals surface area contributed by atoms with Gasteiger partial charge in [-0.1, -0.05) is 13.0 Å². The van der Waals surface area contributed by atoms with E-state index in [-0.39, 0.29) is 6.10 Å². The fraction of sp³-hybridized carbons (Fsp3) is 0.636. The number of aliphatic hydroxyl groups excluding tert-OH is 1. The molecular formula is C11H17NOS. The van der Waals surface area contributed by atoms with Gasteiger partial charge >= 0.3 is 0 Å². The maximum Gasteiger partial charge on any atom is 0.101 e. The van der Waals surface area contributed by atoms with E-state index in [9.17, 15) is 5.11 Å². The molecule has 1 aliphatic rings. The Morgan fingerprint density at radius 1 is 1.64 bits per heavy atom. The van der Waals surface area contributed by atoms with Crippen molar-refractivity contribution in [3.8, 4) is 0 Å². The summed E-state index contributed by atoms with van der Waals surface area (Å²) in [5.74, 6) is 0. The van der Waals surface area contributed by atoms with E-state index in [4.69, 9.17) is 0 Å². The summed E-state index contributed by atoms with van der Waals surface area (Å²) in [5, 5.41) is 15.1. The van der Waals surface area contributed by atoms with E-state index < -0.39 is 0 Å². The van der Waals surface area contributed by atoms with Crippen molar-refractivity contribution in [2.75, 3.05) is 13.1 Å².